The molecule has 0 unspecified atom stereocenters. The summed E-state index contributed by atoms with van der Waals surface area (Å²) in [5.74, 6) is 0.369. The lowest BCUT2D eigenvalue weighted by molar-refractivity contribution is 0.0951. The Morgan fingerprint density at radius 2 is 2.00 bits per heavy atom. The predicted molar refractivity (Wildman–Crippen MR) is 122 cm³/mol. The zero-order valence-electron chi connectivity index (χ0n) is 17.7. The number of rotatable bonds is 6. The van der Waals surface area contributed by atoms with Crippen LogP contribution in [0, 0.1) is 6.92 Å². The van der Waals surface area contributed by atoms with E-state index in [9.17, 15) is 9.59 Å². The van der Waals surface area contributed by atoms with Gasteiger partial charge >= 0.3 is 0 Å². The van der Waals surface area contributed by atoms with E-state index in [0.717, 1.165) is 48.1 Å². The van der Waals surface area contributed by atoms with Crippen molar-refractivity contribution in [3.8, 4) is 5.75 Å². The fraction of sp³-hybridized carbons (Fsp3) is 0.292. The standard InChI is InChI=1S/C24H25N3O3S/c1-15-9-10-16(12-19(15)30-2)13-26-23(29)21-18-7-3-4-8-20(18)31-24(21)27-22(28)17-6-5-11-25-14-17/h5-6,9-12,14H,3-4,7-8,13H2,1-2H3,(H,26,29)(H,27,28). The van der Waals surface area contributed by atoms with E-state index < -0.39 is 0 Å². The first-order chi connectivity index (χ1) is 15.1. The number of ether oxygens (including phenoxy) is 1. The number of aromatic nitrogens is 1. The first kappa shape index (κ1) is 21.1. The lowest BCUT2D eigenvalue weighted by Gasteiger charge is -2.14. The molecule has 0 fully saturated rings. The van der Waals surface area contributed by atoms with Crippen molar-refractivity contribution in [2.24, 2.45) is 0 Å². The molecule has 1 aromatic carbocycles. The van der Waals surface area contributed by atoms with Gasteiger partial charge in [-0.25, -0.2) is 0 Å². The summed E-state index contributed by atoms with van der Waals surface area (Å²) in [5, 5.41) is 6.58. The summed E-state index contributed by atoms with van der Waals surface area (Å²) in [6.45, 7) is 2.37. The molecule has 2 heterocycles. The number of thiophene rings is 1. The number of amides is 2. The van der Waals surface area contributed by atoms with Gasteiger partial charge in [-0.1, -0.05) is 12.1 Å². The molecule has 31 heavy (non-hydrogen) atoms. The van der Waals surface area contributed by atoms with Crippen LogP contribution >= 0.6 is 11.3 Å². The molecule has 2 N–H and O–H groups in total. The van der Waals surface area contributed by atoms with Crippen LogP contribution in [0.3, 0.4) is 0 Å². The molecule has 0 saturated carbocycles. The molecule has 2 amide bonds. The number of carbonyl (C=O) groups excluding carboxylic acids is 2. The quantitative estimate of drug-likeness (QED) is 0.597. The Morgan fingerprint density at radius 1 is 1.16 bits per heavy atom. The number of pyridine rings is 1. The van der Waals surface area contributed by atoms with E-state index in [-0.39, 0.29) is 11.8 Å². The van der Waals surface area contributed by atoms with Gasteiger partial charge in [0.1, 0.15) is 10.8 Å². The number of methoxy groups -OCH3 is 1. The average molecular weight is 436 g/mol. The molecule has 1 aliphatic rings. The number of benzene rings is 1. The molecule has 3 aromatic rings. The highest BCUT2D eigenvalue weighted by atomic mass is 32.1. The first-order valence-corrected chi connectivity index (χ1v) is 11.2. The second kappa shape index (κ2) is 9.31. The third-order valence-electron chi connectivity index (χ3n) is 5.47. The number of fused-ring (bicyclic) bond motifs is 1. The van der Waals surface area contributed by atoms with Crippen molar-refractivity contribution < 1.29 is 14.3 Å². The SMILES string of the molecule is COc1cc(CNC(=O)c2c(NC(=O)c3cccnc3)sc3c2CCCC3)ccc1C. The number of hydrogen-bond donors (Lipinski definition) is 2. The van der Waals surface area contributed by atoms with Crippen LogP contribution in [0.4, 0.5) is 5.00 Å². The van der Waals surface area contributed by atoms with Gasteiger partial charge in [0.05, 0.1) is 18.2 Å². The molecular formula is C24H25N3O3S. The maximum atomic E-state index is 13.2. The molecule has 6 nitrogen and oxygen atoms in total. The van der Waals surface area contributed by atoms with Crippen molar-refractivity contribution in [1.82, 2.24) is 10.3 Å². The first-order valence-electron chi connectivity index (χ1n) is 10.3. The Balaban J connectivity index is 1.57. The number of nitrogens with zero attached hydrogens (tertiary/aromatic N) is 1. The highest BCUT2D eigenvalue weighted by Crippen LogP contribution is 2.38. The van der Waals surface area contributed by atoms with Crippen molar-refractivity contribution in [3.05, 3.63) is 75.4 Å². The zero-order valence-corrected chi connectivity index (χ0v) is 18.5. The summed E-state index contributed by atoms with van der Waals surface area (Å²) in [5.41, 5.74) is 4.13. The lowest BCUT2D eigenvalue weighted by Crippen LogP contribution is -2.25. The molecule has 7 heteroatoms. The van der Waals surface area contributed by atoms with Crippen molar-refractivity contribution in [3.63, 3.8) is 0 Å². The summed E-state index contributed by atoms with van der Waals surface area (Å²) < 4.78 is 5.38. The fourth-order valence-electron chi connectivity index (χ4n) is 3.81. The molecule has 160 valence electrons. The summed E-state index contributed by atoms with van der Waals surface area (Å²) >= 11 is 1.51. The molecule has 0 spiro atoms. The van der Waals surface area contributed by atoms with Gasteiger partial charge in [0.15, 0.2) is 0 Å². The summed E-state index contributed by atoms with van der Waals surface area (Å²) in [6.07, 6.45) is 7.10. The van der Waals surface area contributed by atoms with Gasteiger partial charge in [-0.05, 0) is 67.5 Å². The van der Waals surface area contributed by atoms with Crippen LogP contribution in [0.5, 0.6) is 5.75 Å². The maximum Gasteiger partial charge on any atom is 0.257 e. The minimum Gasteiger partial charge on any atom is -0.496 e. The highest BCUT2D eigenvalue weighted by Gasteiger charge is 2.26. The third-order valence-corrected chi connectivity index (χ3v) is 6.68. The Labute approximate surface area is 185 Å². The molecule has 1 aliphatic carbocycles. The van der Waals surface area contributed by atoms with Crippen LogP contribution in [0.15, 0.2) is 42.7 Å². The van der Waals surface area contributed by atoms with Gasteiger partial charge in [-0.3, -0.25) is 14.6 Å². The van der Waals surface area contributed by atoms with Crippen LogP contribution in [-0.4, -0.2) is 23.9 Å². The van der Waals surface area contributed by atoms with Crippen LogP contribution in [0.25, 0.3) is 0 Å². The van der Waals surface area contributed by atoms with Crippen molar-refractivity contribution in [1.29, 1.82) is 0 Å². The molecular weight excluding hydrogens is 410 g/mol. The minimum absolute atomic E-state index is 0.166. The van der Waals surface area contributed by atoms with Gasteiger partial charge in [-0.15, -0.1) is 11.3 Å². The van der Waals surface area contributed by atoms with Gasteiger partial charge < -0.3 is 15.4 Å². The van der Waals surface area contributed by atoms with Crippen molar-refractivity contribution in [2.75, 3.05) is 12.4 Å². The smallest absolute Gasteiger partial charge is 0.257 e. The van der Waals surface area contributed by atoms with Crippen LogP contribution in [0.2, 0.25) is 0 Å². The Bertz CT molecular complexity index is 1110. The summed E-state index contributed by atoms with van der Waals surface area (Å²) in [6, 6.07) is 9.32. The van der Waals surface area contributed by atoms with Crippen molar-refractivity contribution >= 4 is 28.2 Å². The molecule has 4 rings (SSSR count). The van der Waals surface area contributed by atoms with E-state index >= 15 is 0 Å². The summed E-state index contributed by atoms with van der Waals surface area (Å²) in [7, 11) is 1.64. The second-order valence-corrected chi connectivity index (χ2v) is 8.70. The monoisotopic (exact) mass is 435 g/mol. The van der Waals surface area contributed by atoms with Gasteiger partial charge in [0.25, 0.3) is 11.8 Å². The van der Waals surface area contributed by atoms with Gasteiger partial charge in [-0.2, -0.15) is 0 Å². The number of anilines is 1. The molecule has 0 bridgehead atoms. The number of aryl methyl sites for hydroxylation is 2. The number of hydrogen-bond acceptors (Lipinski definition) is 5. The highest BCUT2D eigenvalue weighted by molar-refractivity contribution is 7.17. The average Bonchev–Trinajstić information content (AvgIpc) is 3.16. The van der Waals surface area contributed by atoms with Gasteiger partial charge in [0.2, 0.25) is 0 Å². The molecule has 0 radical (unpaired) electrons. The van der Waals surface area contributed by atoms with Crippen molar-refractivity contribution in [2.45, 2.75) is 39.2 Å². The van der Waals surface area contributed by atoms with E-state index in [2.05, 4.69) is 15.6 Å². The lowest BCUT2D eigenvalue weighted by atomic mass is 9.95. The normalized spacial score (nSPS) is 12.7. The topological polar surface area (TPSA) is 80.3 Å². The Morgan fingerprint density at radius 3 is 2.77 bits per heavy atom. The number of carbonyl (C=O) groups is 2. The van der Waals surface area contributed by atoms with E-state index in [4.69, 9.17) is 4.74 Å². The second-order valence-electron chi connectivity index (χ2n) is 7.60. The Kier molecular flexibility index (Phi) is 6.32. The summed E-state index contributed by atoms with van der Waals surface area (Å²) in [4.78, 5) is 31.1. The largest absolute Gasteiger partial charge is 0.496 e. The zero-order chi connectivity index (χ0) is 21.8. The van der Waals surface area contributed by atoms with E-state index in [1.54, 1.807) is 25.4 Å². The van der Waals surface area contributed by atoms with E-state index in [1.165, 1.54) is 22.4 Å². The van der Waals surface area contributed by atoms with Crippen LogP contribution in [-0.2, 0) is 19.4 Å². The fourth-order valence-corrected chi connectivity index (χ4v) is 5.09. The van der Waals surface area contributed by atoms with Gasteiger partial charge in [0, 0.05) is 23.8 Å². The van der Waals surface area contributed by atoms with Crippen LogP contribution in [0.1, 0.15) is 55.1 Å². The third kappa shape index (κ3) is 4.61. The Hall–Kier alpha value is -3.19. The molecule has 2 aromatic heterocycles. The number of nitrogens with one attached hydrogen (secondary N) is 2. The predicted octanol–water partition coefficient (Wildman–Crippen LogP) is 4.52. The molecule has 0 atom stereocenters. The van der Waals surface area contributed by atoms with E-state index in [1.807, 2.05) is 25.1 Å². The molecule has 0 aliphatic heterocycles. The molecule has 0 saturated heterocycles. The van der Waals surface area contributed by atoms with Crippen LogP contribution < -0.4 is 15.4 Å². The minimum atomic E-state index is -0.260. The van der Waals surface area contributed by atoms with E-state index in [0.29, 0.717) is 22.7 Å². The maximum absolute atomic E-state index is 13.2.